The molecular weight excluding hydrogens is 318 g/mol. The number of aryl methyl sites for hydroxylation is 1. The fraction of sp³-hybridized carbons (Fsp3) is 0.526. The van der Waals surface area contributed by atoms with Crippen molar-refractivity contribution in [3.63, 3.8) is 0 Å². The van der Waals surface area contributed by atoms with Gasteiger partial charge in [0.25, 0.3) is 0 Å². The van der Waals surface area contributed by atoms with Crippen LogP contribution in [-0.2, 0) is 20.8 Å². The number of benzene rings is 1. The molecule has 1 N–H and O–H groups in total. The molecule has 0 aromatic heterocycles. The molecule has 0 unspecified atom stereocenters. The van der Waals surface area contributed by atoms with Crippen LogP contribution in [0.15, 0.2) is 30.3 Å². The van der Waals surface area contributed by atoms with E-state index in [1.54, 1.807) is 9.80 Å². The average Bonchev–Trinajstić information content (AvgIpc) is 3.47. The van der Waals surface area contributed by atoms with Gasteiger partial charge in [0.15, 0.2) is 0 Å². The Bertz CT molecular complexity index is 620. The van der Waals surface area contributed by atoms with Gasteiger partial charge >= 0.3 is 0 Å². The first-order valence-corrected chi connectivity index (χ1v) is 8.97. The highest BCUT2D eigenvalue weighted by Gasteiger charge is 2.57. The summed E-state index contributed by atoms with van der Waals surface area (Å²) in [5.41, 5.74) is 0.401. The number of carbonyl (C=O) groups excluding carboxylic acids is 3. The Hall–Kier alpha value is -2.37. The molecule has 1 aliphatic heterocycles. The number of nitrogens with zero attached hydrogens (tertiary/aromatic N) is 2. The van der Waals surface area contributed by atoms with Gasteiger partial charge < -0.3 is 15.1 Å². The maximum absolute atomic E-state index is 12.7. The topological polar surface area (TPSA) is 69.7 Å². The predicted octanol–water partition coefficient (Wildman–Crippen LogP) is 0.816. The SMILES string of the molecule is O=CN1CCN(C(=O)C2(C(=O)NCCCc3ccccc3)CC2)CC1. The largest absolute Gasteiger partial charge is 0.355 e. The van der Waals surface area contributed by atoms with E-state index in [1.807, 2.05) is 18.2 Å². The van der Waals surface area contributed by atoms with E-state index in [-0.39, 0.29) is 11.8 Å². The van der Waals surface area contributed by atoms with Crippen molar-refractivity contribution in [1.82, 2.24) is 15.1 Å². The maximum Gasteiger partial charge on any atom is 0.238 e. The highest BCUT2D eigenvalue weighted by atomic mass is 16.2. The number of piperazine rings is 1. The first-order valence-electron chi connectivity index (χ1n) is 8.97. The molecule has 1 saturated carbocycles. The van der Waals surface area contributed by atoms with Crippen molar-refractivity contribution in [2.45, 2.75) is 25.7 Å². The van der Waals surface area contributed by atoms with E-state index in [0.29, 0.717) is 45.6 Å². The molecule has 1 heterocycles. The molecule has 1 saturated heterocycles. The summed E-state index contributed by atoms with van der Waals surface area (Å²) in [6.45, 7) is 2.71. The van der Waals surface area contributed by atoms with Crippen LogP contribution in [0, 0.1) is 5.41 Å². The first kappa shape index (κ1) is 17.5. The van der Waals surface area contributed by atoms with E-state index in [1.165, 1.54) is 5.56 Å². The summed E-state index contributed by atoms with van der Waals surface area (Å²) >= 11 is 0. The number of carbonyl (C=O) groups is 3. The minimum atomic E-state index is -0.851. The van der Waals surface area contributed by atoms with Crippen molar-refractivity contribution >= 4 is 18.2 Å². The van der Waals surface area contributed by atoms with Crippen molar-refractivity contribution in [2.24, 2.45) is 5.41 Å². The molecule has 6 heteroatoms. The normalized spacial score (nSPS) is 18.6. The van der Waals surface area contributed by atoms with Gasteiger partial charge in [0.05, 0.1) is 0 Å². The van der Waals surface area contributed by atoms with Crippen LogP contribution in [0.25, 0.3) is 0 Å². The number of nitrogens with one attached hydrogen (secondary N) is 1. The summed E-state index contributed by atoms with van der Waals surface area (Å²) < 4.78 is 0. The summed E-state index contributed by atoms with van der Waals surface area (Å²) in [4.78, 5) is 39.4. The lowest BCUT2D eigenvalue weighted by Gasteiger charge is -2.34. The maximum atomic E-state index is 12.7. The molecule has 1 aromatic rings. The zero-order valence-corrected chi connectivity index (χ0v) is 14.4. The third kappa shape index (κ3) is 4.00. The zero-order chi connectivity index (χ0) is 17.7. The van der Waals surface area contributed by atoms with E-state index >= 15 is 0 Å². The number of hydrogen-bond acceptors (Lipinski definition) is 3. The van der Waals surface area contributed by atoms with Crippen LogP contribution in [0.4, 0.5) is 0 Å². The van der Waals surface area contributed by atoms with E-state index in [0.717, 1.165) is 19.3 Å². The Kier molecular flexibility index (Phi) is 5.36. The molecule has 0 spiro atoms. The van der Waals surface area contributed by atoms with E-state index < -0.39 is 5.41 Å². The lowest BCUT2D eigenvalue weighted by atomic mass is 10.0. The second kappa shape index (κ2) is 7.68. The highest BCUT2D eigenvalue weighted by molar-refractivity contribution is 6.07. The van der Waals surface area contributed by atoms with Gasteiger partial charge in [-0.05, 0) is 31.2 Å². The molecule has 134 valence electrons. The zero-order valence-electron chi connectivity index (χ0n) is 14.4. The van der Waals surface area contributed by atoms with Crippen LogP contribution >= 0.6 is 0 Å². The summed E-state index contributed by atoms with van der Waals surface area (Å²) in [5, 5.41) is 2.94. The molecule has 2 fully saturated rings. The predicted molar refractivity (Wildman–Crippen MR) is 93.7 cm³/mol. The molecule has 2 aliphatic rings. The van der Waals surface area contributed by atoms with Crippen LogP contribution in [0.1, 0.15) is 24.8 Å². The molecule has 1 aliphatic carbocycles. The standard InChI is InChI=1S/C19H25N3O3/c23-15-21-11-13-22(14-12-21)18(25)19(8-9-19)17(24)20-10-4-7-16-5-2-1-3-6-16/h1-3,5-6,15H,4,7-14H2,(H,20,24). The van der Waals surface area contributed by atoms with E-state index in [9.17, 15) is 14.4 Å². The molecule has 0 radical (unpaired) electrons. The fourth-order valence-electron chi connectivity index (χ4n) is 3.30. The number of rotatable bonds is 7. The first-order chi connectivity index (χ1) is 12.2. The van der Waals surface area contributed by atoms with Gasteiger partial charge in [-0.2, -0.15) is 0 Å². The minimum Gasteiger partial charge on any atom is -0.355 e. The number of amides is 3. The lowest BCUT2D eigenvalue weighted by Crippen LogP contribution is -2.53. The van der Waals surface area contributed by atoms with Crippen molar-refractivity contribution in [3.05, 3.63) is 35.9 Å². The quantitative estimate of drug-likeness (QED) is 0.453. The van der Waals surface area contributed by atoms with Gasteiger partial charge in [-0.25, -0.2) is 0 Å². The monoisotopic (exact) mass is 343 g/mol. The van der Waals surface area contributed by atoms with Crippen molar-refractivity contribution in [2.75, 3.05) is 32.7 Å². The average molecular weight is 343 g/mol. The minimum absolute atomic E-state index is 0.0707. The van der Waals surface area contributed by atoms with Crippen LogP contribution in [0.5, 0.6) is 0 Å². The summed E-state index contributed by atoms with van der Waals surface area (Å²) in [5.74, 6) is -0.206. The van der Waals surface area contributed by atoms with Gasteiger partial charge in [0.2, 0.25) is 18.2 Å². The molecule has 6 nitrogen and oxygen atoms in total. The van der Waals surface area contributed by atoms with Crippen molar-refractivity contribution in [1.29, 1.82) is 0 Å². The second-order valence-corrected chi connectivity index (χ2v) is 6.86. The molecule has 0 atom stereocenters. The smallest absolute Gasteiger partial charge is 0.238 e. The Morgan fingerprint density at radius 3 is 2.36 bits per heavy atom. The summed E-state index contributed by atoms with van der Waals surface area (Å²) in [6, 6.07) is 10.2. The fourth-order valence-corrected chi connectivity index (χ4v) is 3.30. The Balaban J connectivity index is 1.45. The molecule has 0 bridgehead atoms. The third-order valence-corrected chi connectivity index (χ3v) is 5.12. The summed E-state index contributed by atoms with van der Waals surface area (Å²) in [6.07, 6.45) is 3.84. The van der Waals surface area contributed by atoms with Gasteiger partial charge in [-0.3, -0.25) is 14.4 Å². The lowest BCUT2D eigenvalue weighted by molar-refractivity contribution is -0.146. The van der Waals surface area contributed by atoms with Gasteiger partial charge in [0, 0.05) is 32.7 Å². The van der Waals surface area contributed by atoms with Crippen LogP contribution in [-0.4, -0.2) is 60.7 Å². The summed E-state index contributed by atoms with van der Waals surface area (Å²) in [7, 11) is 0. The Morgan fingerprint density at radius 1 is 1.08 bits per heavy atom. The van der Waals surface area contributed by atoms with Crippen LogP contribution in [0.3, 0.4) is 0 Å². The van der Waals surface area contributed by atoms with E-state index in [4.69, 9.17) is 0 Å². The van der Waals surface area contributed by atoms with Gasteiger partial charge in [0.1, 0.15) is 5.41 Å². The molecule has 25 heavy (non-hydrogen) atoms. The van der Waals surface area contributed by atoms with Crippen molar-refractivity contribution < 1.29 is 14.4 Å². The van der Waals surface area contributed by atoms with Crippen LogP contribution < -0.4 is 5.32 Å². The molecular formula is C19H25N3O3. The van der Waals surface area contributed by atoms with Gasteiger partial charge in [-0.15, -0.1) is 0 Å². The van der Waals surface area contributed by atoms with Crippen LogP contribution in [0.2, 0.25) is 0 Å². The molecule has 3 rings (SSSR count). The van der Waals surface area contributed by atoms with Crippen molar-refractivity contribution in [3.8, 4) is 0 Å². The Morgan fingerprint density at radius 2 is 1.76 bits per heavy atom. The molecule has 1 aromatic carbocycles. The third-order valence-electron chi connectivity index (χ3n) is 5.12. The second-order valence-electron chi connectivity index (χ2n) is 6.86. The number of hydrogen-bond donors (Lipinski definition) is 1. The van der Waals surface area contributed by atoms with Gasteiger partial charge in [-0.1, -0.05) is 30.3 Å². The Labute approximate surface area is 148 Å². The highest BCUT2D eigenvalue weighted by Crippen LogP contribution is 2.47. The molecule has 3 amide bonds. The van der Waals surface area contributed by atoms with E-state index in [2.05, 4.69) is 17.4 Å².